The molecular formula is C44H42O7S. The van der Waals surface area contributed by atoms with Crippen LogP contribution in [0.5, 0.6) is 40.2 Å². The SMILES string of the molecule is COc1c(Oc2ccc(O)cc2)cc([SH]2c3ccccc3-c3ccccc32)cc1Oc1ccc(OCC(=O)OC2(C)C3CC4CC(C3)CC2C4)cc1. The number of rotatable bonds is 10. The van der Waals surface area contributed by atoms with E-state index in [1.54, 1.807) is 43.5 Å². The summed E-state index contributed by atoms with van der Waals surface area (Å²) >= 11 is 0. The van der Waals surface area contributed by atoms with E-state index in [9.17, 15) is 9.90 Å². The number of methoxy groups -OCH3 is 1. The van der Waals surface area contributed by atoms with Crippen LogP contribution in [-0.4, -0.2) is 30.4 Å². The number of phenols is 1. The van der Waals surface area contributed by atoms with Crippen molar-refractivity contribution in [3.05, 3.63) is 109 Å². The van der Waals surface area contributed by atoms with Crippen molar-refractivity contribution in [2.24, 2.45) is 23.7 Å². The maximum absolute atomic E-state index is 13.1. The lowest BCUT2D eigenvalue weighted by Crippen LogP contribution is -2.58. The van der Waals surface area contributed by atoms with Crippen LogP contribution < -0.4 is 18.9 Å². The molecule has 0 spiro atoms. The minimum atomic E-state index is -0.926. The van der Waals surface area contributed by atoms with Gasteiger partial charge in [0, 0.05) is 14.7 Å². The van der Waals surface area contributed by atoms with E-state index < -0.39 is 10.9 Å². The average Bonchev–Trinajstić information content (AvgIpc) is 3.49. The number of thiol groups is 1. The van der Waals surface area contributed by atoms with Crippen molar-refractivity contribution >= 4 is 16.9 Å². The van der Waals surface area contributed by atoms with Gasteiger partial charge < -0.3 is 28.8 Å². The molecule has 5 aliphatic rings. The lowest BCUT2D eigenvalue weighted by atomic mass is 9.50. The van der Waals surface area contributed by atoms with E-state index in [1.807, 2.05) is 24.3 Å². The molecule has 1 heterocycles. The molecule has 8 heteroatoms. The van der Waals surface area contributed by atoms with Crippen LogP contribution in [0.15, 0.2) is 124 Å². The largest absolute Gasteiger partial charge is 0.508 e. The van der Waals surface area contributed by atoms with Crippen LogP contribution in [0.3, 0.4) is 0 Å². The third-order valence-electron chi connectivity index (χ3n) is 11.6. The molecule has 4 bridgehead atoms. The molecule has 0 saturated heterocycles. The Morgan fingerprint density at radius 1 is 0.712 bits per heavy atom. The number of hydrogen-bond acceptors (Lipinski definition) is 7. The second-order valence-corrected chi connectivity index (χ2v) is 16.9. The Morgan fingerprint density at radius 2 is 1.21 bits per heavy atom. The number of hydrogen-bond donors (Lipinski definition) is 2. The summed E-state index contributed by atoms with van der Waals surface area (Å²) in [5.74, 6) is 5.50. The zero-order chi connectivity index (χ0) is 35.4. The molecule has 266 valence electrons. The van der Waals surface area contributed by atoms with E-state index in [-0.39, 0.29) is 23.9 Å². The zero-order valence-corrected chi connectivity index (χ0v) is 30.2. The fraction of sp³-hybridized carbons (Fsp3) is 0.295. The Bertz CT molecular complexity index is 2050. The molecule has 4 fully saturated rings. The van der Waals surface area contributed by atoms with Gasteiger partial charge in [0.2, 0.25) is 5.75 Å². The number of esters is 1. The Balaban J connectivity index is 0.967. The van der Waals surface area contributed by atoms with Gasteiger partial charge in [0.25, 0.3) is 0 Å². The van der Waals surface area contributed by atoms with Crippen molar-refractivity contribution in [1.29, 1.82) is 0 Å². The molecule has 0 amide bonds. The lowest BCUT2D eigenvalue weighted by Gasteiger charge is -2.59. The van der Waals surface area contributed by atoms with Gasteiger partial charge in [-0.25, -0.2) is 4.79 Å². The molecule has 0 unspecified atom stereocenters. The Kier molecular flexibility index (Phi) is 8.30. The van der Waals surface area contributed by atoms with Gasteiger partial charge in [-0.2, -0.15) is 10.9 Å². The summed E-state index contributed by atoms with van der Waals surface area (Å²) in [6.07, 6.45) is 6.08. The smallest absolute Gasteiger partial charge is 0.344 e. The molecule has 4 saturated carbocycles. The highest BCUT2D eigenvalue weighted by atomic mass is 32.2. The van der Waals surface area contributed by atoms with E-state index in [0.29, 0.717) is 46.3 Å². The molecule has 4 aliphatic carbocycles. The summed E-state index contributed by atoms with van der Waals surface area (Å²) < 4.78 is 31.0. The monoisotopic (exact) mass is 714 g/mol. The average molecular weight is 715 g/mol. The fourth-order valence-electron chi connectivity index (χ4n) is 9.32. The van der Waals surface area contributed by atoms with Gasteiger partial charge >= 0.3 is 5.97 Å². The first kappa shape index (κ1) is 32.8. The fourth-order valence-corrected chi connectivity index (χ4v) is 12.0. The molecular weight excluding hydrogens is 673 g/mol. The van der Waals surface area contributed by atoms with Crippen LogP contribution in [0, 0.1) is 23.7 Å². The van der Waals surface area contributed by atoms with Gasteiger partial charge in [-0.05, 0) is 147 Å². The predicted molar refractivity (Wildman–Crippen MR) is 200 cm³/mol. The molecule has 0 radical (unpaired) electrons. The number of phenolic OH excluding ortho intramolecular Hbond substituents is 1. The summed E-state index contributed by atoms with van der Waals surface area (Å²) in [5.41, 5.74) is 2.08. The summed E-state index contributed by atoms with van der Waals surface area (Å²) in [4.78, 5) is 16.6. The van der Waals surface area contributed by atoms with Crippen LogP contribution in [0.4, 0.5) is 0 Å². The van der Waals surface area contributed by atoms with Crippen molar-refractivity contribution in [2.75, 3.05) is 13.7 Å². The summed E-state index contributed by atoms with van der Waals surface area (Å²) in [6, 6.07) is 35.0. The first-order chi connectivity index (χ1) is 25.3. The highest BCUT2D eigenvalue weighted by Gasteiger charge is 2.57. The van der Waals surface area contributed by atoms with Gasteiger partial charge in [-0.3, -0.25) is 0 Å². The molecule has 10 rings (SSSR count). The maximum atomic E-state index is 13.1. The summed E-state index contributed by atoms with van der Waals surface area (Å²) in [7, 11) is 0.668. The number of carbonyl (C=O) groups excluding carboxylic acids is 1. The molecule has 0 atom stereocenters. The Morgan fingerprint density at radius 3 is 1.75 bits per heavy atom. The van der Waals surface area contributed by atoms with Crippen LogP contribution >= 0.6 is 10.9 Å². The molecule has 5 aromatic carbocycles. The first-order valence-corrected chi connectivity index (χ1v) is 19.5. The van der Waals surface area contributed by atoms with Gasteiger partial charge in [0.1, 0.15) is 28.6 Å². The second-order valence-electron chi connectivity index (χ2n) is 14.8. The number of ether oxygens (including phenoxy) is 5. The van der Waals surface area contributed by atoms with Gasteiger partial charge in [-0.15, -0.1) is 0 Å². The Labute approximate surface area is 306 Å². The van der Waals surface area contributed by atoms with E-state index in [2.05, 4.69) is 55.5 Å². The zero-order valence-electron chi connectivity index (χ0n) is 29.3. The predicted octanol–water partition coefficient (Wildman–Crippen LogP) is 10.6. The second kappa shape index (κ2) is 13.2. The van der Waals surface area contributed by atoms with Crippen LogP contribution in [0.2, 0.25) is 0 Å². The normalized spacial score (nSPS) is 24.2. The first-order valence-electron chi connectivity index (χ1n) is 18.1. The highest BCUT2D eigenvalue weighted by molar-refractivity contribution is 8.17. The number of carbonyl (C=O) groups is 1. The topological polar surface area (TPSA) is 83.5 Å². The third-order valence-corrected chi connectivity index (χ3v) is 14.1. The van der Waals surface area contributed by atoms with Crippen molar-refractivity contribution < 1.29 is 33.6 Å². The van der Waals surface area contributed by atoms with Gasteiger partial charge in [-0.1, -0.05) is 36.4 Å². The third kappa shape index (κ3) is 5.93. The van der Waals surface area contributed by atoms with E-state index in [1.165, 1.54) is 53.0 Å². The van der Waals surface area contributed by atoms with Crippen LogP contribution in [0.25, 0.3) is 11.1 Å². The number of benzene rings is 5. The molecule has 0 aromatic heterocycles. The maximum Gasteiger partial charge on any atom is 0.344 e. The summed E-state index contributed by atoms with van der Waals surface area (Å²) in [6.45, 7) is 2.02. The minimum absolute atomic E-state index is 0.136. The molecule has 52 heavy (non-hydrogen) atoms. The lowest BCUT2D eigenvalue weighted by molar-refractivity contribution is -0.204. The van der Waals surface area contributed by atoms with Crippen molar-refractivity contribution in [3.8, 4) is 51.4 Å². The van der Waals surface area contributed by atoms with E-state index >= 15 is 0 Å². The van der Waals surface area contributed by atoms with Crippen molar-refractivity contribution in [3.63, 3.8) is 0 Å². The molecule has 7 nitrogen and oxygen atoms in total. The molecule has 1 N–H and O–H groups in total. The molecule has 1 aliphatic heterocycles. The quantitative estimate of drug-likeness (QED) is 0.108. The van der Waals surface area contributed by atoms with Crippen molar-refractivity contribution in [1.82, 2.24) is 0 Å². The standard InChI is InChI=1S/C44H42O7S/c1-44(29-20-27-19-28(22-29)23-30(44)21-27)51-42(46)26-48-32-15-17-34(18-16-32)50-39-25-35(24-38(43(39)47-2)49-33-13-11-31(45)12-14-33)52-40-9-5-3-7-36(40)37-8-4-6-10-41(37)52/h3-18,24-25,27-30,45,52H,19-23,26H2,1-2H3. The van der Waals surface area contributed by atoms with Gasteiger partial charge in [0.05, 0.1) is 7.11 Å². The van der Waals surface area contributed by atoms with Crippen LogP contribution in [0.1, 0.15) is 39.0 Å². The highest BCUT2D eigenvalue weighted by Crippen LogP contribution is 2.64. The van der Waals surface area contributed by atoms with Gasteiger partial charge in [0.15, 0.2) is 18.1 Å². The van der Waals surface area contributed by atoms with Crippen molar-refractivity contribution in [2.45, 2.75) is 59.3 Å². The van der Waals surface area contributed by atoms with E-state index in [0.717, 1.165) is 16.7 Å². The molecule has 5 aromatic rings. The minimum Gasteiger partial charge on any atom is -0.508 e. The van der Waals surface area contributed by atoms with Crippen LogP contribution in [-0.2, 0) is 9.53 Å². The number of aromatic hydroxyl groups is 1. The van der Waals surface area contributed by atoms with E-state index in [4.69, 9.17) is 23.7 Å². The number of fused-ring (bicyclic) bond motifs is 3. The summed E-state index contributed by atoms with van der Waals surface area (Å²) in [5, 5.41) is 9.87. The Hall–Kier alpha value is -5.08.